The number of para-hydroxylation sites is 2. The molecule has 0 saturated heterocycles. The molecule has 10 aromatic rings. The van der Waals surface area contributed by atoms with Gasteiger partial charge >= 0.3 is 0 Å². The molecule has 0 aliphatic heterocycles. The molecule has 0 spiro atoms. The van der Waals surface area contributed by atoms with Crippen molar-refractivity contribution in [3.8, 4) is 11.1 Å². The second-order valence-electron chi connectivity index (χ2n) is 17.9. The van der Waals surface area contributed by atoms with E-state index in [2.05, 4.69) is 233 Å². The van der Waals surface area contributed by atoms with Crippen LogP contribution in [0.5, 0.6) is 0 Å². The van der Waals surface area contributed by atoms with Crippen molar-refractivity contribution >= 4 is 56.3 Å². The van der Waals surface area contributed by atoms with Gasteiger partial charge in [-0.2, -0.15) is 0 Å². The molecule has 0 atom stereocenters. The zero-order valence-corrected chi connectivity index (χ0v) is 37.6. The van der Waals surface area contributed by atoms with Crippen LogP contribution in [-0.4, -0.2) is 9.97 Å². The van der Waals surface area contributed by atoms with Crippen molar-refractivity contribution in [2.45, 2.75) is 58.8 Å². The molecule has 2 aromatic heterocycles. The van der Waals surface area contributed by atoms with E-state index in [-0.39, 0.29) is 11.8 Å². The smallest absolute Gasteiger partial charge is 0.198 e. The van der Waals surface area contributed by atoms with Gasteiger partial charge in [0.25, 0.3) is 0 Å². The van der Waals surface area contributed by atoms with Gasteiger partial charge in [-0.25, -0.2) is 9.97 Å². The minimum Gasteiger partial charge on any atom is -0.440 e. The first kappa shape index (κ1) is 40.1. The van der Waals surface area contributed by atoms with Gasteiger partial charge in [0, 0.05) is 45.7 Å². The van der Waals surface area contributed by atoms with E-state index in [9.17, 15) is 0 Å². The quantitative estimate of drug-likeness (QED) is 0.137. The lowest BCUT2D eigenvalue weighted by Gasteiger charge is -2.35. The molecule has 0 unspecified atom stereocenters. The zero-order valence-electron chi connectivity index (χ0n) is 37.6. The maximum atomic E-state index is 7.20. The van der Waals surface area contributed by atoms with Crippen molar-refractivity contribution in [1.82, 2.24) is 9.97 Å². The summed E-state index contributed by atoms with van der Waals surface area (Å²) in [4.78, 5) is 15.5. The fraction of sp³-hybridized carbons (Fsp3) is 0.153. The molecule has 6 nitrogen and oxygen atoms in total. The lowest BCUT2D eigenvalue weighted by Crippen LogP contribution is -2.29. The van der Waals surface area contributed by atoms with Crippen LogP contribution in [-0.2, 0) is 5.41 Å². The van der Waals surface area contributed by atoms with Crippen LogP contribution in [0.1, 0.15) is 84.7 Å². The Hall–Kier alpha value is -7.70. The molecule has 8 aromatic carbocycles. The first-order valence-electron chi connectivity index (χ1n) is 22.6. The van der Waals surface area contributed by atoms with Gasteiger partial charge in [-0.05, 0) is 96.8 Å². The third kappa shape index (κ3) is 6.46. The van der Waals surface area contributed by atoms with Crippen LogP contribution in [0.3, 0.4) is 0 Å². The number of nitrogens with zero attached hydrogens (tertiary/aromatic N) is 4. The number of anilines is 6. The molecule has 1 aliphatic rings. The van der Waals surface area contributed by atoms with E-state index in [0.29, 0.717) is 11.8 Å². The number of oxazole rings is 2. The summed E-state index contributed by atoms with van der Waals surface area (Å²) in [6.07, 6.45) is 0. The zero-order chi connectivity index (χ0) is 44.4. The Balaban J connectivity index is 1.35. The van der Waals surface area contributed by atoms with Crippen LogP contribution in [0.4, 0.5) is 34.1 Å². The fourth-order valence-electron chi connectivity index (χ4n) is 9.79. The maximum absolute atomic E-state index is 7.20. The van der Waals surface area contributed by atoms with Crippen LogP contribution < -0.4 is 9.80 Å². The van der Waals surface area contributed by atoms with Crippen molar-refractivity contribution in [2.24, 2.45) is 0 Å². The van der Waals surface area contributed by atoms with Crippen molar-refractivity contribution in [1.29, 1.82) is 0 Å². The van der Waals surface area contributed by atoms with Gasteiger partial charge in [0.1, 0.15) is 11.0 Å². The SMILES string of the molecule is Cc1ccc(N(c2ccccc2)c2cc3c(c4oc(C(C)C)nc24)-c2c(cc(N(c4ccccc4)c4ccc(C)cc4)c4nc(C(C)C)oc24)C3(c2ccccc2)c2ccccc2)cc1. The van der Waals surface area contributed by atoms with E-state index in [1.807, 2.05) is 0 Å². The van der Waals surface area contributed by atoms with Gasteiger partial charge in [0.15, 0.2) is 22.9 Å². The largest absolute Gasteiger partial charge is 0.440 e. The summed E-state index contributed by atoms with van der Waals surface area (Å²) < 4.78 is 14.4. The highest BCUT2D eigenvalue weighted by Gasteiger charge is 2.51. The van der Waals surface area contributed by atoms with Crippen molar-refractivity contribution in [3.05, 3.63) is 227 Å². The Morgan fingerprint density at radius 1 is 0.415 bits per heavy atom. The fourth-order valence-corrected chi connectivity index (χ4v) is 9.79. The molecular weight excluding hydrogens is 797 g/mol. The second kappa shape index (κ2) is 15.8. The Morgan fingerprint density at radius 2 is 0.738 bits per heavy atom. The van der Waals surface area contributed by atoms with Gasteiger partial charge in [0.05, 0.1) is 16.8 Å². The number of aryl methyl sites for hydroxylation is 2. The number of hydrogen-bond acceptors (Lipinski definition) is 6. The molecule has 1 aliphatic carbocycles. The first-order valence-corrected chi connectivity index (χ1v) is 22.6. The normalized spacial score (nSPS) is 12.9. The summed E-state index contributed by atoms with van der Waals surface area (Å²) in [6.45, 7) is 12.8. The topological polar surface area (TPSA) is 58.5 Å². The number of hydrogen-bond donors (Lipinski definition) is 0. The lowest BCUT2D eigenvalue weighted by atomic mass is 9.67. The average Bonchev–Trinajstić information content (AvgIpc) is 4.06. The monoisotopic (exact) mass is 846 g/mol. The molecular formula is C59H50N4O2. The predicted molar refractivity (Wildman–Crippen MR) is 266 cm³/mol. The Morgan fingerprint density at radius 3 is 1.08 bits per heavy atom. The van der Waals surface area contributed by atoms with Gasteiger partial charge in [0.2, 0.25) is 0 Å². The Kier molecular flexibility index (Phi) is 9.76. The summed E-state index contributed by atoms with van der Waals surface area (Å²) in [6, 6.07) is 65.3. The van der Waals surface area contributed by atoms with Crippen LogP contribution in [0, 0.1) is 13.8 Å². The van der Waals surface area contributed by atoms with E-state index in [1.54, 1.807) is 0 Å². The van der Waals surface area contributed by atoms with Gasteiger partial charge in [-0.3, -0.25) is 0 Å². The van der Waals surface area contributed by atoms with E-state index >= 15 is 0 Å². The van der Waals surface area contributed by atoms with E-state index in [0.717, 1.165) is 89.7 Å². The van der Waals surface area contributed by atoms with E-state index in [4.69, 9.17) is 18.8 Å². The Bertz CT molecular complexity index is 3090. The van der Waals surface area contributed by atoms with Gasteiger partial charge < -0.3 is 18.6 Å². The van der Waals surface area contributed by atoms with E-state index in [1.165, 1.54) is 11.1 Å². The molecule has 318 valence electrons. The molecule has 6 heteroatoms. The highest BCUT2D eigenvalue weighted by molar-refractivity contribution is 6.14. The third-order valence-corrected chi connectivity index (χ3v) is 12.9. The van der Waals surface area contributed by atoms with E-state index < -0.39 is 5.41 Å². The molecule has 0 radical (unpaired) electrons. The second-order valence-corrected chi connectivity index (χ2v) is 17.9. The molecule has 11 rings (SSSR count). The van der Waals surface area contributed by atoms with Crippen LogP contribution >= 0.6 is 0 Å². The molecule has 65 heavy (non-hydrogen) atoms. The number of benzene rings is 8. The molecule has 0 fully saturated rings. The van der Waals surface area contributed by atoms with Crippen molar-refractivity contribution < 1.29 is 8.83 Å². The molecule has 0 amide bonds. The predicted octanol–water partition coefficient (Wildman–Crippen LogP) is 16.1. The highest BCUT2D eigenvalue weighted by atomic mass is 16.4. The molecule has 0 N–H and O–H groups in total. The maximum Gasteiger partial charge on any atom is 0.198 e. The number of fused-ring (bicyclic) bond motifs is 7. The summed E-state index contributed by atoms with van der Waals surface area (Å²) in [5.41, 5.74) is 16.8. The van der Waals surface area contributed by atoms with Gasteiger partial charge in [-0.15, -0.1) is 0 Å². The molecule has 0 saturated carbocycles. The minimum atomic E-state index is -0.861. The van der Waals surface area contributed by atoms with Crippen molar-refractivity contribution in [3.63, 3.8) is 0 Å². The molecule has 2 heterocycles. The highest BCUT2D eigenvalue weighted by Crippen LogP contribution is 2.63. The first-order chi connectivity index (χ1) is 31.7. The minimum absolute atomic E-state index is 0.0264. The van der Waals surface area contributed by atoms with Crippen LogP contribution in [0.2, 0.25) is 0 Å². The number of rotatable bonds is 10. The summed E-state index contributed by atoms with van der Waals surface area (Å²) in [5, 5.41) is 0. The Labute approximate surface area is 380 Å². The van der Waals surface area contributed by atoms with Gasteiger partial charge in [-0.1, -0.05) is 160 Å². The van der Waals surface area contributed by atoms with Crippen LogP contribution in [0.25, 0.3) is 33.3 Å². The molecule has 0 bridgehead atoms. The average molecular weight is 847 g/mol. The van der Waals surface area contributed by atoms with Crippen LogP contribution in [0.15, 0.2) is 191 Å². The third-order valence-electron chi connectivity index (χ3n) is 12.9. The summed E-state index contributed by atoms with van der Waals surface area (Å²) >= 11 is 0. The lowest BCUT2D eigenvalue weighted by molar-refractivity contribution is 0.499. The van der Waals surface area contributed by atoms with Crippen molar-refractivity contribution in [2.75, 3.05) is 9.80 Å². The summed E-state index contributed by atoms with van der Waals surface area (Å²) in [7, 11) is 0. The number of aromatic nitrogens is 2. The standard InChI is InChI=1S/C59H50N4O2/c1-37(2)57-60-53-49(62(43-23-15-9-16-24-43)45-31-27-39(5)28-32-45)35-47-51(55(53)64-57)52-48(59(47,41-19-11-7-12-20-41)42-21-13-8-14-22-42)36-50(54-56(52)65-58(61-54)38(3)4)63(44-25-17-10-18-26-44)46-33-29-40(6)30-34-46/h7-38H,1-6H3. The summed E-state index contributed by atoms with van der Waals surface area (Å²) in [5.74, 6) is 1.40.